The normalized spacial score (nSPS) is 26.8. The summed E-state index contributed by atoms with van der Waals surface area (Å²) in [5.74, 6) is 0.874. The summed E-state index contributed by atoms with van der Waals surface area (Å²) in [4.78, 5) is 7.01. The van der Waals surface area contributed by atoms with Crippen LogP contribution in [0.2, 0.25) is 10.0 Å². The molecule has 2 saturated heterocycles. The van der Waals surface area contributed by atoms with E-state index in [4.69, 9.17) is 33.0 Å². The van der Waals surface area contributed by atoms with Crippen LogP contribution in [0.4, 0.5) is 0 Å². The van der Waals surface area contributed by atoms with Crippen molar-refractivity contribution in [1.29, 1.82) is 0 Å². The van der Waals surface area contributed by atoms with E-state index >= 15 is 0 Å². The van der Waals surface area contributed by atoms with E-state index in [0.717, 1.165) is 37.5 Å². The van der Waals surface area contributed by atoms with Crippen molar-refractivity contribution in [3.8, 4) is 11.4 Å². The summed E-state index contributed by atoms with van der Waals surface area (Å²) < 4.78 is 8.10. The summed E-state index contributed by atoms with van der Waals surface area (Å²) in [6.45, 7) is 2.75. The number of rotatable bonds is 4. The lowest BCUT2D eigenvalue weighted by molar-refractivity contribution is -0.0567. The van der Waals surface area contributed by atoms with Gasteiger partial charge in [0, 0.05) is 54.8 Å². The highest BCUT2D eigenvalue weighted by atomic mass is 35.5. The van der Waals surface area contributed by atoms with Crippen molar-refractivity contribution in [1.82, 2.24) is 14.5 Å². The Labute approximate surface area is 157 Å². The van der Waals surface area contributed by atoms with Gasteiger partial charge in [-0.2, -0.15) is 0 Å². The molecule has 0 spiro atoms. The quantitative estimate of drug-likeness (QED) is 0.882. The molecule has 134 valence electrons. The average molecular weight is 382 g/mol. The lowest BCUT2D eigenvalue weighted by atomic mass is 10.1. The molecule has 0 unspecified atom stereocenters. The van der Waals surface area contributed by atoms with Gasteiger partial charge in [-0.3, -0.25) is 4.90 Å². The second kappa shape index (κ2) is 7.25. The summed E-state index contributed by atoms with van der Waals surface area (Å²) in [6.07, 6.45) is 5.70. The van der Waals surface area contributed by atoms with E-state index in [1.807, 2.05) is 24.5 Å². The zero-order valence-electron chi connectivity index (χ0n) is 13.8. The zero-order chi connectivity index (χ0) is 17.4. The third-order valence-corrected chi connectivity index (χ3v) is 5.70. The molecule has 3 heterocycles. The topological polar surface area (TPSA) is 50.5 Å². The Morgan fingerprint density at radius 3 is 2.92 bits per heavy atom. The van der Waals surface area contributed by atoms with Crippen LogP contribution >= 0.6 is 23.2 Å². The van der Waals surface area contributed by atoms with E-state index in [-0.39, 0.29) is 12.7 Å². The Morgan fingerprint density at radius 1 is 1.24 bits per heavy atom. The fourth-order valence-corrected chi connectivity index (χ4v) is 4.42. The molecule has 0 aliphatic carbocycles. The molecule has 2 aliphatic heterocycles. The highest BCUT2D eigenvalue weighted by Gasteiger charge is 2.38. The van der Waals surface area contributed by atoms with Crippen LogP contribution in [0.1, 0.15) is 18.9 Å². The van der Waals surface area contributed by atoms with Crippen LogP contribution in [0, 0.1) is 0 Å². The summed E-state index contributed by atoms with van der Waals surface area (Å²) >= 11 is 12.4. The van der Waals surface area contributed by atoms with Crippen LogP contribution in [0.3, 0.4) is 0 Å². The maximum Gasteiger partial charge on any atom is 0.141 e. The van der Waals surface area contributed by atoms with Gasteiger partial charge in [0.2, 0.25) is 0 Å². The van der Waals surface area contributed by atoms with Crippen molar-refractivity contribution in [3.63, 3.8) is 0 Å². The molecular weight excluding hydrogens is 361 g/mol. The third-order valence-electron chi connectivity index (χ3n) is 5.15. The standard InChI is InChI=1S/C18H21Cl2N3O2/c19-12-1-2-16(17(20)7-12)18-21-4-5-23(18)13-8-14-11-25-15(3-6-24)10-22(14)9-13/h1-2,4-5,7,13-15,24H,3,6,8-11H2/t13-,14-,15-/m0/s1. The number of aromatic nitrogens is 2. The molecule has 0 saturated carbocycles. The molecule has 4 rings (SSSR count). The van der Waals surface area contributed by atoms with Gasteiger partial charge in [0.05, 0.1) is 17.7 Å². The molecule has 7 heteroatoms. The van der Waals surface area contributed by atoms with Gasteiger partial charge in [-0.05, 0) is 31.0 Å². The Balaban J connectivity index is 1.55. The largest absolute Gasteiger partial charge is 0.396 e. The lowest BCUT2D eigenvalue weighted by Crippen LogP contribution is -2.46. The third kappa shape index (κ3) is 3.44. The average Bonchev–Trinajstić information content (AvgIpc) is 3.21. The first-order valence-corrected chi connectivity index (χ1v) is 9.36. The van der Waals surface area contributed by atoms with Gasteiger partial charge in [0.15, 0.2) is 0 Å². The van der Waals surface area contributed by atoms with E-state index < -0.39 is 0 Å². The SMILES string of the molecule is OCC[C@H]1CN2C[C@@H](n3ccnc3-c3ccc(Cl)cc3Cl)C[C@H]2CO1. The van der Waals surface area contributed by atoms with Gasteiger partial charge in [-0.1, -0.05) is 23.2 Å². The van der Waals surface area contributed by atoms with E-state index in [9.17, 15) is 0 Å². The predicted molar refractivity (Wildman–Crippen MR) is 98.1 cm³/mol. The predicted octanol–water partition coefficient (Wildman–Crippen LogP) is 3.25. The molecule has 1 N–H and O–H groups in total. The molecule has 2 fully saturated rings. The Kier molecular flexibility index (Phi) is 5.02. The van der Waals surface area contributed by atoms with Gasteiger partial charge in [-0.25, -0.2) is 4.98 Å². The highest BCUT2D eigenvalue weighted by Crippen LogP contribution is 2.36. The molecule has 2 aliphatic rings. The Morgan fingerprint density at radius 2 is 2.12 bits per heavy atom. The van der Waals surface area contributed by atoms with E-state index in [1.165, 1.54) is 0 Å². The number of aliphatic hydroxyl groups is 1. The van der Waals surface area contributed by atoms with Crippen molar-refractivity contribution < 1.29 is 9.84 Å². The molecule has 25 heavy (non-hydrogen) atoms. The molecule has 2 aromatic rings. The monoisotopic (exact) mass is 381 g/mol. The smallest absolute Gasteiger partial charge is 0.141 e. The van der Waals surface area contributed by atoms with Crippen LogP contribution in [-0.4, -0.2) is 58.0 Å². The lowest BCUT2D eigenvalue weighted by Gasteiger charge is -2.34. The number of imidazole rings is 1. The van der Waals surface area contributed by atoms with Gasteiger partial charge < -0.3 is 14.4 Å². The fraction of sp³-hybridized carbons (Fsp3) is 0.500. The van der Waals surface area contributed by atoms with Crippen molar-refractivity contribution in [3.05, 3.63) is 40.6 Å². The molecule has 0 radical (unpaired) electrons. The maximum atomic E-state index is 9.14. The molecule has 1 aromatic carbocycles. The van der Waals surface area contributed by atoms with Gasteiger partial charge in [-0.15, -0.1) is 0 Å². The van der Waals surface area contributed by atoms with Crippen molar-refractivity contribution in [2.75, 3.05) is 26.3 Å². The minimum absolute atomic E-state index is 0.132. The van der Waals surface area contributed by atoms with Crippen LogP contribution < -0.4 is 0 Å². The summed E-state index contributed by atoms with van der Waals surface area (Å²) in [7, 11) is 0. The first-order valence-electron chi connectivity index (χ1n) is 8.60. The number of hydrogen-bond donors (Lipinski definition) is 1. The van der Waals surface area contributed by atoms with Crippen LogP contribution in [0.25, 0.3) is 11.4 Å². The van der Waals surface area contributed by atoms with E-state index in [2.05, 4.69) is 14.5 Å². The molecule has 0 bridgehead atoms. The number of halogens is 2. The minimum atomic E-state index is 0.132. The number of fused-ring (bicyclic) bond motifs is 1. The summed E-state index contributed by atoms with van der Waals surface area (Å²) in [5.41, 5.74) is 0.898. The molecular formula is C18H21Cl2N3O2. The van der Waals surface area contributed by atoms with Gasteiger partial charge >= 0.3 is 0 Å². The zero-order valence-corrected chi connectivity index (χ0v) is 15.3. The van der Waals surface area contributed by atoms with Crippen molar-refractivity contribution >= 4 is 23.2 Å². The second-order valence-electron chi connectivity index (χ2n) is 6.75. The Hall–Kier alpha value is -1.11. The first kappa shape index (κ1) is 17.3. The van der Waals surface area contributed by atoms with E-state index in [0.29, 0.717) is 28.5 Å². The maximum absolute atomic E-state index is 9.14. The molecule has 0 amide bonds. The number of benzene rings is 1. The molecule has 3 atom stereocenters. The highest BCUT2D eigenvalue weighted by molar-refractivity contribution is 6.36. The summed E-state index contributed by atoms with van der Waals surface area (Å²) in [5, 5.41) is 10.4. The summed E-state index contributed by atoms with van der Waals surface area (Å²) in [6, 6.07) is 6.28. The van der Waals surface area contributed by atoms with Crippen molar-refractivity contribution in [2.24, 2.45) is 0 Å². The molecule has 5 nitrogen and oxygen atoms in total. The molecule has 1 aromatic heterocycles. The van der Waals surface area contributed by atoms with Crippen LogP contribution in [-0.2, 0) is 4.74 Å². The number of ether oxygens (including phenoxy) is 1. The first-order chi connectivity index (χ1) is 12.2. The van der Waals surface area contributed by atoms with Crippen LogP contribution in [0.15, 0.2) is 30.6 Å². The number of nitrogens with zero attached hydrogens (tertiary/aromatic N) is 3. The minimum Gasteiger partial charge on any atom is -0.396 e. The number of morpholine rings is 1. The van der Waals surface area contributed by atoms with Gasteiger partial charge in [0.1, 0.15) is 5.82 Å². The second-order valence-corrected chi connectivity index (χ2v) is 7.59. The fourth-order valence-electron chi connectivity index (χ4n) is 3.92. The van der Waals surface area contributed by atoms with E-state index in [1.54, 1.807) is 6.07 Å². The van der Waals surface area contributed by atoms with Crippen LogP contribution in [0.5, 0.6) is 0 Å². The van der Waals surface area contributed by atoms with Gasteiger partial charge in [0.25, 0.3) is 0 Å². The Bertz CT molecular complexity index is 752. The number of hydrogen-bond acceptors (Lipinski definition) is 4. The van der Waals surface area contributed by atoms with Crippen molar-refractivity contribution in [2.45, 2.75) is 31.0 Å². The number of aliphatic hydroxyl groups excluding tert-OH is 1.